The third-order valence-corrected chi connectivity index (χ3v) is 2.72. The van der Waals surface area contributed by atoms with Gasteiger partial charge in [-0.05, 0) is 17.7 Å². The molecule has 0 aliphatic rings. The van der Waals surface area contributed by atoms with Crippen LogP contribution in [0.25, 0.3) is 0 Å². The van der Waals surface area contributed by atoms with Crippen molar-refractivity contribution >= 4 is 12.6 Å². The summed E-state index contributed by atoms with van der Waals surface area (Å²) in [7, 11) is 0. The van der Waals surface area contributed by atoms with Crippen LogP contribution in [-0.2, 0) is 0 Å². The van der Waals surface area contributed by atoms with Crippen LogP contribution in [0.15, 0.2) is 24.3 Å². The number of benzene rings is 1. The fourth-order valence-electron chi connectivity index (χ4n) is 1.26. The largest absolute Gasteiger partial charge is 0.499 e. The molecule has 0 amide bonds. The molecule has 2 unspecified atom stereocenters. The number of rotatable bonds is 5. The molecule has 0 aromatic heterocycles. The molecule has 114 valence electrons. The smallest absolute Gasteiger partial charge is 0.426 e. The summed E-state index contributed by atoms with van der Waals surface area (Å²) in [5, 5.41) is 18.9. The van der Waals surface area contributed by atoms with Crippen LogP contribution in [0, 0.1) is 0 Å². The molecule has 0 bridgehead atoms. The van der Waals surface area contributed by atoms with Gasteiger partial charge in [-0.15, -0.1) is 0 Å². The Hall–Kier alpha value is -1.06. The number of aliphatic hydroxyl groups excluding tert-OH is 2. The Bertz CT molecular complexity index is 435. The number of halogens is 5. The fourth-order valence-corrected chi connectivity index (χ4v) is 1.46. The number of hydrogen-bond donors (Lipinski definition) is 3. The molecule has 2 atom stereocenters. The van der Waals surface area contributed by atoms with E-state index in [2.05, 4.69) is 17.4 Å². The first kappa shape index (κ1) is 17.0. The number of alkyl halides is 5. The van der Waals surface area contributed by atoms with Gasteiger partial charge in [0.15, 0.2) is 0 Å². The van der Waals surface area contributed by atoms with E-state index >= 15 is 0 Å². The third kappa shape index (κ3) is 3.97. The van der Waals surface area contributed by atoms with E-state index in [4.69, 9.17) is 0 Å². The molecule has 1 aromatic carbocycles. The van der Waals surface area contributed by atoms with Crippen molar-refractivity contribution in [1.82, 2.24) is 0 Å². The highest BCUT2D eigenvalue weighted by molar-refractivity contribution is 7.80. The first-order chi connectivity index (χ1) is 9.08. The number of thiol groups is 1. The highest BCUT2D eigenvalue weighted by Crippen LogP contribution is 2.37. The second-order valence-corrected chi connectivity index (χ2v) is 4.25. The molecule has 1 rings (SSSR count). The second-order valence-electron chi connectivity index (χ2n) is 3.88. The van der Waals surface area contributed by atoms with Gasteiger partial charge in [0, 0.05) is 5.75 Å². The maximum Gasteiger partial charge on any atom is 0.499 e. The van der Waals surface area contributed by atoms with Crippen LogP contribution in [-0.4, -0.2) is 34.4 Å². The normalized spacial score (nSPS) is 15.8. The van der Waals surface area contributed by atoms with Gasteiger partial charge < -0.3 is 14.9 Å². The molecule has 2 N–H and O–H groups in total. The second kappa shape index (κ2) is 6.15. The molecule has 0 radical (unpaired) electrons. The van der Waals surface area contributed by atoms with Gasteiger partial charge in [-0.25, -0.2) is 0 Å². The first-order valence-electron chi connectivity index (χ1n) is 5.29. The van der Waals surface area contributed by atoms with E-state index in [9.17, 15) is 32.2 Å². The maximum absolute atomic E-state index is 12.6. The van der Waals surface area contributed by atoms with Crippen molar-refractivity contribution in [2.75, 3.05) is 5.75 Å². The zero-order valence-electron chi connectivity index (χ0n) is 9.81. The average molecular weight is 318 g/mol. The van der Waals surface area contributed by atoms with E-state index in [0.29, 0.717) is 0 Å². The van der Waals surface area contributed by atoms with E-state index in [1.165, 1.54) is 0 Å². The summed E-state index contributed by atoms with van der Waals surface area (Å²) in [5.41, 5.74) is 0.134. The monoisotopic (exact) mass is 318 g/mol. The van der Waals surface area contributed by atoms with Gasteiger partial charge in [0.1, 0.15) is 11.9 Å². The first-order valence-corrected chi connectivity index (χ1v) is 5.92. The van der Waals surface area contributed by atoms with E-state index < -0.39 is 30.2 Å². The van der Waals surface area contributed by atoms with Crippen molar-refractivity contribution in [3.8, 4) is 5.75 Å². The summed E-state index contributed by atoms with van der Waals surface area (Å²) in [6, 6.07) is 3.81. The lowest BCUT2D eigenvalue weighted by Gasteiger charge is -2.21. The minimum absolute atomic E-state index is 0.0500. The van der Waals surface area contributed by atoms with Gasteiger partial charge in [0.2, 0.25) is 0 Å². The maximum atomic E-state index is 12.6. The Morgan fingerprint density at radius 3 is 1.95 bits per heavy atom. The van der Waals surface area contributed by atoms with Crippen molar-refractivity contribution in [3.63, 3.8) is 0 Å². The molecule has 3 nitrogen and oxygen atoms in total. The lowest BCUT2D eigenvalue weighted by molar-refractivity contribution is -0.360. The predicted molar refractivity (Wildman–Crippen MR) is 62.9 cm³/mol. The van der Waals surface area contributed by atoms with Crippen LogP contribution >= 0.6 is 12.6 Å². The molecule has 9 heteroatoms. The molecule has 0 heterocycles. The van der Waals surface area contributed by atoms with Crippen LogP contribution in [0.1, 0.15) is 11.7 Å². The Morgan fingerprint density at radius 1 is 1.05 bits per heavy atom. The van der Waals surface area contributed by atoms with Gasteiger partial charge in [-0.2, -0.15) is 34.6 Å². The van der Waals surface area contributed by atoms with E-state index in [-0.39, 0.29) is 11.3 Å². The topological polar surface area (TPSA) is 49.7 Å². The zero-order chi connectivity index (χ0) is 15.6. The Balaban J connectivity index is 2.82. The molecular weight excluding hydrogens is 307 g/mol. The van der Waals surface area contributed by atoms with E-state index in [0.717, 1.165) is 24.3 Å². The van der Waals surface area contributed by atoms with Gasteiger partial charge >= 0.3 is 12.3 Å². The third-order valence-electron chi connectivity index (χ3n) is 2.35. The quantitative estimate of drug-likeness (QED) is 0.578. The van der Waals surface area contributed by atoms with Gasteiger partial charge in [-0.1, -0.05) is 12.1 Å². The summed E-state index contributed by atoms with van der Waals surface area (Å²) in [6.07, 6.45) is -13.7. The summed E-state index contributed by atoms with van der Waals surface area (Å²) in [4.78, 5) is 0. The molecule has 0 aliphatic carbocycles. The molecule has 20 heavy (non-hydrogen) atoms. The van der Waals surface area contributed by atoms with Gasteiger partial charge in [0.05, 0.1) is 6.10 Å². The molecule has 0 saturated heterocycles. The van der Waals surface area contributed by atoms with Gasteiger partial charge in [0.25, 0.3) is 0 Å². The summed E-state index contributed by atoms with van der Waals surface area (Å²) in [5.74, 6) is -0.769. The van der Waals surface area contributed by atoms with Crippen molar-refractivity contribution in [2.24, 2.45) is 0 Å². The van der Waals surface area contributed by atoms with Crippen molar-refractivity contribution < 1.29 is 36.9 Å². The summed E-state index contributed by atoms with van der Waals surface area (Å²) in [6.45, 7) is 0. The van der Waals surface area contributed by atoms with Crippen LogP contribution in [0.5, 0.6) is 5.75 Å². The average Bonchev–Trinajstić information content (AvgIpc) is 2.36. The van der Waals surface area contributed by atoms with Crippen LogP contribution in [0.4, 0.5) is 22.0 Å². The molecule has 0 aliphatic heterocycles. The van der Waals surface area contributed by atoms with Crippen molar-refractivity contribution in [3.05, 3.63) is 29.8 Å². The number of ether oxygens (including phenoxy) is 1. The van der Waals surface area contributed by atoms with Crippen molar-refractivity contribution in [2.45, 2.75) is 24.5 Å². The predicted octanol–water partition coefficient (Wildman–Crippen LogP) is 2.54. The highest BCUT2D eigenvalue weighted by atomic mass is 32.1. The molecular formula is C11H11F5O3S. The molecule has 0 spiro atoms. The van der Waals surface area contributed by atoms with Crippen LogP contribution in [0.2, 0.25) is 0 Å². The lowest BCUT2D eigenvalue weighted by atomic mass is 10.1. The van der Waals surface area contributed by atoms with Crippen LogP contribution in [0.3, 0.4) is 0 Å². The zero-order valence-corrected chi connectivity index (χ0v) is 10.7. The number of aliphatic hydroxyl groups is 2. The fraction of sp³-hybridized carbons (Fsp3) is 0.455. The van der Waals surface area contributed by atoms with Gasteiger partial charge in [-0.3, -0.25) is 0 Å². The number of hydrogen-bond acceptors (Lipinski definition) is 4. The molecule has 1 aromatic rings. The standard InChI is InChI=1S/C11H11F5O3S/c12-10(13,14)11(15,16)19-7-3-1-6(2-4-7)9(18)8(17)5-20/h1-4,8-9,17-18,20H,5H2. The molecule has 0 saturated carbocycles. The minimum atomic E-state index is -5.83. The van der Waals surface area contributed by atoms with Crippen LogP contribution < -0.4 is 4.74 Å². The SMILES string of the molecule is OC(CS)C(O)c1ccc(OC(F)(F)C(F)(F)F)cc1. The van der Waals surface area contributed by atoms with E-state index in [1.54, 1.807) is 0 Å². The highest BCUT2D eigenvalue weighted by Gasteiger charge is 2.61. The Labute approximate surface area is 116 Å². The summed E-state index contributed by atoms with van der Waals surface area (Å²) < 4.78 is 64.6. The van der Waals surface area contributed by atoms with E-state index in [1.807, 2.05) is 0 Å². The lowest BCUT2D eigenvalue weighted by Crippen LogP contribution is -2.41. The Kier molecular flexibility index (Phi) is 5.22. The van der Waals surface area contributed by atoms with Crippen molar-refractivity contribution in [1.29, 1.82) is 0 Å². The summed E-state index contributed by atoms with van der Waals surface area (Å²) >= 11 is 3.75. The molecule has 0 fully saturated rings. The Morgan fingerprint density at radius 2 is 1.55 bits per heavy atom. The minimum Gasteiger partial charge on any atom is -0.426 e.